The number of hydrogen-bond acceptors (Lipinski definition) is 2. The van der Waals surface area contributed by atoms with Gasteiger partial charge in [-0.3, -0.25) is 0 Å². The summed E-state index contributed by atoms with van der Waals surface area (Å²) in [7, 11) is 0. The zero-order chi connectivity index (χ0) is 82.6. The van der Waals surface area contributed by atoms with Crippen molar-refractivity contribution in [3.63, 3.8) is 0 Å². The fourth-order valence-electron chi connectivity index (χ4n) is 19.5. The van der Waals surface area contributed by atoms with Crippen molar-refractivity contribution in [3.8, 4) is 72.4 Å². The fraction of sp³-hybridized carbons (Fsp3) is 0.333. The van der Waals surface area contributed by atoms with Crippen molar-refractivity contribution in [1.82, 2.24) is 4.57 Å². The van der Waals surface area contributed by atoms with Gasteiger partial charge >= 0.3 is 0 Å². The van der Waals surface area contributed by atoms with Crippen LogP contribution in [0.2, 0.25) is 0 Å². The van der Waals surface area contributed by atoms with E-state index < -0.39 is 0 Å². The Bertz CT molecular complexity index is 5570. The Morgan fingerprint density at radius 2 is 0.625 bits per heavy atom. The molecule has 1 aliphatic rings. The van der Waals surface area contributed by atoms with E-state index in [2.05, 4.69) is 355 Å². The van der Waals surface area contributed by atoms with Gasteiger partial charge < -0.3 is 14.4 Å². The van der Waals surface area contributed by atoms with Crippen molar-refractivity contribution in [2.45, 2.75) is 253 Å². The van der Waals surface area contributed by atoms with E-state index >= 15 is 0 Å². The van der Waals surface area contributed by atoms with Crippen LogP contribution < -0.4 is 9.80 Å². The van der Waals surface area contributed by atoms with Gasteiger partial charge in [-0.1, -0.05) is 363 Å². The number of hydrogen-bond donors (Lipinski definition) is 0. The van der Waals surface area contributed by atoms with E-state index in [1.807, 2.05) is 0 Å². The molecule has 0 aliphatic heterocycles. The number of aryl methyl sites for hydroxylation is 6. The van der Waals surface area contributed by atoms with Crippen molar-refractivity contribution >= 4 is 55.9 Å². The Morgan fingerprint density at radius 1 is 0.258 bits per heavy atom. The summed E-state index contributed by atoms with van der Waals surface area (Å²) in [5.74, 6) is 0. The van der Waals surface area contributed by atoms with Crippen LogP contribution >= 0.6 is 0 Å². The van der Waals surface area contributed by atoms with Crippen LogP contribution in [0, 0.1) is 13.8 Å². The average Bonchev–Trinajstić information content (AvgIpc) is 1.52. The van der Waals surface area contributed by atoms with E-state index in [0.717, 1.165) is 72.6 Å². The molecule has 0 saturated carbocycles. The number of fused-ring (bicyclic) bond motifs is 7. The maximum atomic E-state index is 2.79. The van der Waals surface area contributed by atoms with Gasteiger partial charge in [-0.05, 0) is 281 Å². The molecule has 3 heteroatoms. The smallest absolute Gasteiger partial charge is 0.0544 e. The minimum atomic E-state index is -0.100. The van der Waals surface area contributed by atoms with Crippen LogP contribution in [0.15, 0.2) is 285 Å². The average molecular weight is 1580 g/mol. The molecule has 15 rings (SSSR count). The summed E-state index contributed by atoms with van der Waals surface area (Å²) in [6, 6.07) is 111. The van der Waals surface area contributed by atoms with E-state index in [-0.39, 0.29) is 5.41 Å². The number of rotatable bonds is 42. The lowest BCUT2D eigenvalue weighted by Crippen LogP contribution is -2.26. The third-order valence-corrected chi connectivity index (χ3v) is 26.3. The molecule has 614 valence electrons. The zero-order valence-corrected chi connectivity index (χ0v) is 73.7. The third kappa shape index (κ3) is 19.3. The van der Waals surface area contributed by atoms with E-state index in [1.54, 1.807) is 11.1 Å². The van der Waals surface area contributed by atoms with Crippen molar-refractivity contribution in [1.29, 1.82) is 0 Å². The molecule has 0 saturated heterocycles. The Morgan fingerprint density at radius 3 is 1.08 bits per heavy atom. The lowest BCUT2D eigenvalue weighted by Gasteiger charge is -2.34. The molecule has 14 aromatic rings. The monoisotopic (exact) mass is 1580 g/mol. The molecule has 120 heavy (non-hydrogen) atoms. The molecule has 0 radical (unpaired) electrons. The minimum absolute atomic E-state index is 0.100. The number of aromatic nitrogens is 1. The van der Waals surface area contributed by atoms with Gasteiger partial charge in [-0.25, -0.2) is 0 Å². The summed E-state index contributed by atoms with van der Waals surface area (Å²) < 4.78 is 2.79. The summed E-state index contributed by atoms with van der Waals surface area (Å²) in [5.41, 5.74) is 37.6. The molecule has 1 heterocycles. The Hall–Kier alpha value is -10.7. The third-order valence-electron chi connectivity index (χ3n) is 26.3. The SMILES string of the molecule is CCCCCCCCC1(CCCCCCCC)c2cc(C)ccc2-c2ccc3c(c21)c1cc(-c2ccccc2)ccc1n3-c1cc(CCCCCC)c(-c2ccc(N(c3ccc(-c4ccc(CCCC)cc4)cc3)c3ccc(-c4ccc(N(c5ccc(C)cc5)c5ccc(-c6ccc(CCCC)cc6)cc5)cc4)cc3)cc2)cc1CCCCCC. The van der Waals surface area contributed by atoms with E-state index in [9.17, 15) is 0 Å². The molecule has 0 amide bonds. The Labute approximate surface area is 721 Å². The summed E-state index contributed by atoms with van der Waals surface area (Å²) in [6.45, 7) is 18.5. The number of unbranched alkanes of at least 4 members (excludes halogenated alkanes) is 18. The second kappa shape index (κ2) is 41.0. The minimum Gasteiger partial charge on any atom is -0.311 e. The summed E-state index contributed by atoms with van der Waals surface area (Å²) in [4.78, 5) is 4.85. The molecule has 0 atom stereocenters. The Balaban J connectivity index is 0.825. The fourth-order valence-corrected chi connectivity index (χ4v) is 19.5. The highest BCUT2D eigenvalue weighted by Crippen LogP contribution is 2.59. The highest BCUT2D eigenvalue weighted by Gasteiger charge is 2.45. The number of nitrogens with zero attached hydrogens (tertiary/aromatic N) is 3. The molecule has 0 fully saturated rings. The first-order valence-electron chi connectivity index (χ1n) is 46.9. The first-order chi connectivity index (χ1) is 59.1. The largest absolute Gasteiger partial charge is 0.311 e. The second-order valence-corrected chi connectivity index (χ2v) is 35.1. The van der Waals surface area contributed by atoms with Crippen molar-refractivity contribution in [2.24, 2.45) is 0 Å². The van der Waals surface area contributed by atoms with Crippen LogP contribution in [-0.4, -0.2) is 4.57 Å². The maximum Gasteiger partial charge on any atom is 0.0544 e. The normalized spacial score (nSPS) is 12.2. The standard InChI is InChI=1S/C117H131N3/c1-9-15-21-25-27-34-80-117(81-35-28-26-22-16-10-2)111-82-87(8)44-76-107(111)108-77-79-113-115(116(108)117)110-83-98(90-38-32-29-33-39-90)63-78-112(110)120(113)114-85-99(40-30-23-17-11-3)109(84-100(114)41-31-24-18-12-4)97-61-74-106(75-62-97)119(104-68-55-94(56-69-104)92-51-47-89(48-52-92)37-20-14-6)105-72-59-96(60-73-105)95-57-70-103(71-58-95)118(101-64-42-86(7)43-65-101)102-66-53-93(54-67-102)91-49-45-88(46-50-91)36-19-13-5/h29,32-33,38-39,42-79,82-85H,9-28,30-31,34-37,40-41,80-81H2,1-8H3. The van der Waals surface area contributed by atoms with Gasteiger partial charge in [0.1, 0.15) is 0 Å². The first-order valence-corrected chi connectivity index (χ1v) is 46.9. The Kier molecular flexibility index (Phi) is 28.8. The van der Waals surface area contributed by atoms with E-state index in [0.29, 0.717) is 0 Å². The van der Waals surface area contributed by atoms with Gasteiger partial charge in [0, 0.05) is 56.0 Å². The number of anilines is 6. The zero-order valence-electron chi connectivity index (χ0n) is 73.7. The van der Waals surface area contributed by atoms with Gasteiger partial charge in [0.05, 0.1) is 11.0 Å². The van der Waals surface area contributed by atoms with Crippen LogP contribution in [0.1, 0.15) is 253 Å². The second-order valence-electron chi connectivity index (χ2n) is 35.1. The van der Waals surface area contributed by atoms with Crippen LogP contribution in [-0.2, 0) is 31.1 Å². The highest BCUT2D eigenvalue weighted by molar-refractivity contribution is 6.15. The van der Waals surface area contributed by atoms with Gasteiger partial charge in [-0.2, -0.15) is 0 Å². The van der Waals surface area contributed by atoms with E-state index in [4.69, 9.17) is 0 Å². The van der Waals surface area contributed by atoms with Crippen molar-refractivity contribution in [3.05, 3.63) is 330 Å². The molecule has 0 spiro atoms. The molecule has 3 nitrogen and oxygen atoms in total. The van der Waals surface area contributed by atoms with Gasteiger partial charge in [0.25, 0.3) is 0 Å². The lowest BCUT2D eigenvalue weighted by atomic mass is 9.69. The maximum absolute atomic E-state index is 2.79. The van der Waals surface area contributed by atoms with Crippen LogP contribution in [0.4, 0.5) is 34.1 Å². The molecule has 1 aliphatic carbocycles. The quantitative estimate of drug-likeness (QED) is 0.0353. The molecular formula is C117H131N3. The predicted molar refractivity (Wildman–Crippen MR) is 522 cm³/mol. The molecule has 0 unspecified atom stereocenters. The predicted octanol–water partition coefficient (Wildman–Crippen LogP) is 35.4. The molecule has 0 bridgehead atoms. The highest BCUT2D eigenvalue weighted by atomic mass is 15.1. The topological polar surface area (TPSA) is 11.4 Å². The number of benzene rings is 13. The molecule has 1 aromatic heterocycles. The van der Waals surface area contributed by atoms with Gasteiger partial charge in [0.15, 0.2) is 0 Å². The van der Waals surface area contributed by atoms with Gasteiger partial charge in [-0.15, -0.1) is 0 Å². The van der Waals surface area contributed by atoms with Crippen molar-refractivity contribution in [2.75, 3.05) is 9.80 Å². The van der Waals surface area contributed by atoms with E-state index in [1.165, 1.54) is 282 Å². The first kappa shape index (κ1) is 84.3. The molecule has 0 N–H and O–H groups in total. The van der Waals surface area contributed by atoms with Gasteiger partial charge in [0.2, 0.25) is 0 Å². The van der Waals surface area contributed by atoms with Crippen LogP contribution in [0.5, 0.6) is 0 Å². The summed E-state index contributed by atoms with van der Waals surface area (Å²) in [6.07, 6.45) is 36.7. The lowest BCUT2D eigenvalue weighted by molar-refractivity contribution is 0.400. The van der Waals surface area contributed by atoms with Crippen molar-refractivity contribution < 1.29 is 0 Å². The summed E-state index contributed by atoms with van der Waals surface area (Å²) >= 11 is 0. The molecular weight excluding hydrogens is 1450 g/mol. The molecule has 13 aromatic carbocycles. The van der Waals surface area contributed by atoms with Crippen LogP contribution in [0.3, 0.4) is 0 Å². The summed E-state index contributed by atoms with van der Waals surface area (Å²) in [5, 5.41) is 2.87. The van der Waals surface area contributed by atoms with Crippen LogP contribution in [0.25, 0.3) is 94.3 Å².